The van der Waals surface area contributed by atoms with E-state index in [4.69, 9.17) is 15.9 Å². The molecule has 21 heavy (non-hydrogen) atoms. The SMILES string of the molecule is C#CCOC(C#Cc1ccccc1)c1cccc(OC)c1. The molecule has 0 amide bonds. The highest BCUT2D eigenvalue weighted by atomic mass is 16.5. The van der Waals surface area contributed by atoms with E-state index in [2.05, 4.69) is 17.8 Å². The van der Waals surface area contributed by atoms with Gasteiger partial charge in [-0.1, -0.05) is 48.1 Å². The Morgan fingerprint density at radius 2 is 1.90 bits per heavy atom. The number of benzene rings is 2. The average molecular weight is 276 g/mol. The smallest absolute Gasteiger partial charge is 0.145 e. The van der Waals surface area contributed by atoms with Gasteiger partial charge in [0.15, 0.2) is 0 Å². The van der Waals surface area contributed by atoms with Crippen LogP contribution in [0.5, 0.6) is 5.75 Å². The van der Waals surface area contributed by atoms with Crippen LogP contribution in [0.3, 0.4) is 0 Å². The summed E-state index contributed by atoms with van der Waals surface area (Å²) in [4.78, 5) is 0. The van der Waals surface area contributed by atoms with Crippen molar-refractivity contribution >= 4 is 0 Å². The first-order valence-corrected chi connectivity index (χ1v) is 6.59. The van der Waals surface area contributed by atoms with Gasteiger partial charge in [-0.05, 0) is 29.8 Å². The molecule has 0 heterocycles. The molecule has 0 aliphatic rings. The Hall–Kier alpha value is -2.68. The predicted molar refractivity (Wildman–Crippen MR) is 83.8 cm³/mol. The molecule has 2 aromatic rings. The Kier molecular flexibility index (Phi) is 5.47. The Balaban J connectivity index is 2.26. The standard InChI is InChI=1S/C19H16O2/c1-3-14-21-19(13-12-16-8-5-4-6-9-16)17-10-7-11-18(15-17)20-2/h1,4-11,15,19H,14H2,2H3. The van der Waals surface area contributed by atoms with Gasteiger partial charge in [0.2, 0.25) is 0 Å². The van der Waals surface area contributed by atoms with Crippen molar-refractivity contribution in [3.63, 3.8) is 0 Å². The van der Waals surface area contributed by atoms with Gasteiger partial charge in [0.05, 0.1) is 7.11 Å². The van der Waals surface area contributed by atoms with Crippen molar-refractivity contribution in [3.8, 4) is 29.9 Å². The summed E-state index contributed by atoms with van der Waals surface area (Å²) in [6.45, 7) is 0.214. The van der Waals surface area contributed by atoms with E-state index < -0.39 is 0 Å². The van der Waals surface area contributed by atoms with Gasteiger partial charge < -0.3 is 9.47 Å². The summed E-state index contributed by atoms with van der Waals surface area (Å²) in [6.07, 6.45) is 4.89. The number of hydrogen-bond donors (Lipinski definition) is 0. The summed E-state index contributed by atoms with van der Waals surface area (Å²) < 4.78 is 10.9. The minimum Gasteiger partial charge on any atom is -0.497 e. The van der Waals surface area contributed by atoms with Crippen molar-refractivity contribution in [2.45, 2.75) is 6.10 Å². The van der Waals surface area contributed by atoms with Gasteiger partial charge >= 0.3 is 0 Å². The summed E-state index contributed by atoms with van der Waals surface area (Å²) >= 11 is 0. The Morgan fingerprint density at radius 1 is 1.10 bits per heavy atom. The average Bonchev–Trinajstić information content (AvgIpc) is 2.56. The normalized spacial score (nSPS) is 10.9. The Labute approximate surface area is 125 Å². The molecule has 0 spiro atoms. The topological polar surface area (TPSA) is 18.5 Å². The third-order valence-corrected chi connectivity index (χ3v) is 2.85. The largest absolute Gasteiger partial charge is 0.497 e. The van der Waals surface area contributed by atoms with E-state index in [0.29, 0.717) is 0 Å². The zero-order chi connectivity index (χ0) is 14.9. The predicted octanol–water partition coefficient (Wildman–Crippen LogP) is 3.44. The minimum absolute atomic E-state index is 0.214. The molecular weight excluding hydrogens is 260 g/mol. The van der Waals surface area contributed by atoms with Gasteiger partial charge in [-0.3, -0.25) is 0 Å². The molecule has 0 bridgehead atoms. The molecule has 1 unspecified atom stereocenters. The van der Waals surface area contributed by atoms with Crippen LogP contribution in [0.1, 0.15) is 17.2 Å². The lowest BCUT2D eigenvalue weighted by molar-refractivity contribution is 0.121. The van der Waals surface area contributed by atoms with E-state index in [1.807, 2.05) is 54.6 Å². The van der Waals surface area contributed by atoms with Crippen LogP contribution in [0.2, 0.25) is 0 Å². The minimum atomic E-state index is -0.378. The zero-order valence-electron chi connectivity index (χ0n) is 11.9. The second-order valence-corrected chi connectivity index (χ2v) is 4.31. The van der Waals surface area contributed by atoms with E-state index in [1.54, 1.807) is 7.11 Å². The summed E-state index contributed by atoms with van der Waals surface area (Å²) in [6, 6.07) is 17.4. The lowest BCUT2D eigenvalue weighted by atomic mass is 10.1. The first-order chi connectivity index (χ1) is 10.3. The molecule has 0 aliphatic heterocycles. The third kappa shape index (κ3) is 4.42. The zero-order valence-corrected chi connectivity index (χ0v) is 11.9. The molecule has 1 atom stereocenters. The van der Waals surface area contributed by atoms with Crippen LogP contribution < -0.4 is 4.74 Å². The quantitative estimate of drug-likeness (QED) is 0.796. The number of rotatable bonds is 4. The number of ether oxygens (including phenoxy) is 2. The van der Waals surface area contributed by atoms with Gasteiger partial charge in [0.25, 0.3) is 0 Å². The first-order valence-electron chi connectivity index (χ1n) is 6.59. The van der Waals surface area contributed by atoms with Crippen molar-refractivity contribution < 1.29 is 9.47 Å². The second kappa shape index (κ2) is 7.80. The van der Waals surface area contributed by atoms with Gasteiger partial charge in [-0.2, -0.15) is 0 Å². The maximum atomic E-state index is 5.63. The molecule has 2 nitrogen and oxygen atoms in total. The highest BCUT2D eigenvalue weighted by molar-refractivity contribution is 5.38. The van der Waals surface area contributed by atoms with Crippen LogP contribution in [0.4, 0.5) is 0 Å². The van der Waals surface area contributed by atoms with Crippen LogP contribution in [-0.2, 0) is 4.74 Å². The maximum Gasteiger partial charge on any atom is 0.145 e. The molecule has 0 fully saturated rings. The summed E-state index contributed by atoms with van der Waals surface area (Å²) in [5, 5.41) is 0. The molecule has 0 N–H and O–H groups in total. The summed E-state index contributed by atoms with van der Waals surface area (Å²) in [5.41, 5.74) is 1.86. The molecule has 2 heteroatoms. The lowest BCUT2D eigenvalue weighted by Gasteiger charge is -2.11. The van der Waals surface area contributed by atoms with Crippen LogP contribution in [0.15, 0.2) is 54.6 Å². The van der Waals surface area contributed by atoms with E-state index >= 15 is 0 Å². The molecule has 0 radical (unpaired) electrons. The van der Waals surface area contributed by atoms with E-state index in [9.17, 15) is 0 Å². The van der Waals surface area contributed by atoms with E-state index in [0.717, 1.165) is 16.9 Å². The van der Waals surface area contributed by atoms with Crippen molar-refractivity contribution in [1.29, 1.82) is 0 Å². The van der Waals surface area contributed by atoms with Crippen LogP contribution in [-0.4, -0.2) is 13.7 Å². The fourth-order valence-electron chi connectivity index (χ4n) is 1.83. The highest BCUT2D eigenvalue weighted by Crippen LogP contribution is 2.21. The van der Waals surface area contributed by atoms with E-state index in [1.165, 1.54) is 0 Å². The van der Waals surface area contributed by atoms with Gasteiger partial charge in [0, 0.05) is 5.56 Å². The van der Waals surface area contributed by atoms with Crippen molar-refractivity contribution in [3.05, 3.63) is 65.7 Å². The molecular formula is C19H16O2. The molecule has 2 aromatic carbocycles. The third-order valence-electron chi connectivity index (χ3n) is 2.85. The molecule has 0 saturated carbocycles. The first kappa shape index (κ1) is 14.7. The fraction of sp³-hybridized carbons (Fsp3) is 0.158. The maximum absolute atomic E-state index is 5.63. The van der Waals surface area contributed by atoms with Crippen LogP contribution >= 0.6 is 0 Å². The number of hydrogen-bond acceptors (Lipinski definition) is 2. The van der Waals surface area contributed by atoms with Crippen molar-refractivity contribution in [2.24, 2.45) is 0 Å². The van der Waals surface area contributed by atoms with Crippen LogP contribution in [0.25, 0.3) is 0 Å². The molecule has 0 aliphatic carbocycles. The lowest BCUT2D eigenvalue weighted by Crippen LogP contribution is -2.03. The number of terminal acetylenes is 1. The summed E-state index contributed by atoms with van der Waals surface area (Å²) in [7, 11) is 1.63. The molecule has 104 valence electrons. The highest BCUT2D eigenvalue weighted by Gasteiger charge is 2.09. The van der Waals surface area contributed by atoms with Gasteiger partial charge in [-0.15, -0.1) is 6.42 Å². The molecule has 2 rings (SSSR count). The monoisotopic (exact) mass is 276 g/mol. The number of methoxy groups -OCH3 is 1. The van der Waals surface area contributed by atoms with Crippen molar-refractivity contribution in [1.82, 2.24) is 0 Å². The van der Waals surface area contributed by atoms with E-state index in [-0.39, 0.29) is 12.7 Å². The van der Waals surface area contributed by atoms with Gasteiger partial charge in [-0.25, -0.2) is 0 Å². The summed E-state index contributed by atoms with van der Waals surface area (Å²) in [5.74, 6) is 9.46. The van der Waals surface area contributed by atoms with Crippen LogP contribution in [0, 0.1) is 24.2 Å². The second-order valence-electron chi connectivity index (χ2n) is 4.31. The Bertz CT molecular complexity index is 672. The fourth-order valence-corrected chi connectivity index (χ4v) is 1.83. The molecule has 0 aromatic heterocycles. The Morgan fingerprint density at radius 3 is 2.62 bits per heavy atom. The van der Waals surface area contributed by atoms with Gasteiger partial charge in [0.1, 0.15) is 18.5 Å². The molecule has 0 saturated heterocycles. The van der Waals surface area contributed by atoms with Crippen molar-refractivity contribution in [2.75, 3.05) is 13.7 Å².